The molecule has 0 atom stereocenters. The summed E-state index contributed by atoms with van der Waals surface area (Å²) in [5, 5.41) is 11.8. The van der Waals surface area contributed by atoms with E-state index in [-0.39, 0.29) is 0 Å². The summed E-state index contributed by atoms with van der Waals surface area (Å²) < 4.78 is 10.7. The molecule has 6 heteroatoms. The first-order chi connectivity index (χ1) is 9.80. The van der Waals surface area contributed by atoms with Crippen molar-refractivity contribution in [3.63, 3.8) is 0 Å². The van der Waals surface area contributed by atoms with E-state index in [2.05, 4.69) is 20.5 Å². The number of H-pyrrole nitrogens is 1. The van der Waals surface area contributed by atoms with Crippen LogP contribution in [-0.4, -0.2) is 29.3 Å². The van der Waals surface area contributed by atoms with Gasteiger partial charge >= 0.3 is 6.01 Å². The molecular weight excluding hydrogens is 256 g/mol. The molecule has 6 nitrogen and oxygen atoms in total. The van der Waals surface area contributed by atoms with Crippen LogP contribution in [0.3, 0.4) is 0 Å². The molecule has 3 rings (SSSR count). The van der Waals surface area contributed by atoms with Crippen molar-refractivity contribution in [2.75, 3.05) is 19.5 Å². The highest BCUT2D eigenvalue weighted by atomic mass is 16.5. The quantitative estimate of drug-likeness (QED) is 0.745. The summed E-state index contributed by atoms with van der Waals surface area (Å²) in [6.07, 6.45) is 3.55. The number of methoxy groups -OCH3 is 1. The van der Waals surface area contributed by atoms with Crippen molar-refractivity contribution in [1.82, 2.24) is 15.2 Å². The molecule has 0 fully saturated rings. The molecule has 20 heavy (non-hydrogen) atoms. The van der Waals surface area contributed by atoms with E-state index in [0.717, 1.165) is 23.1 Å². The molecule has 0 radical (unpaired) electrons. The fourth-order valence-corrected chi connectivity index (χ4v) is 2.19. The van der Waals surface area contributed by atoms with Crippen LogP contribution in [0.15, 0.2) is 28.8 Å². The number of aromatic amines is 1. The molecule has 0 unspecified atom stereocenters. The minimum Gasteiger partial charge on any atom is -0.497 e. The van der Waals surface area contributed by atoms with Gasteiger partial charge in [0.05, 0.1) is 7.11 Å². The fourth-order valence-electron chi connectivity index (χ4n) is 2.19. The molecule has 104 valence electrons. The summed E-state index contributed by atoms with van der Waals surface area (Å²) in [6, 6.07) is 6.44. The Morgan fingerprint density at radius 3 is 2.95 bits per heavy atom. The number of nitrogens with zero attached hydrogens (tertiary/aromatic N) is 2. The van der Waals surface area contributed by atoms with Gasteiger partial charge in [0.1, 0.15) is 5.75 Å². The molecule has 3 aromatic rings. The lowest BCUT2D eigenvalue weighted by Crippen LogP contribution is -1.91. The van der Waals surface area contributed by atoms with E-state index in [0.29, 0.717) is 18.3 Å². The van der Waals surface area contributed by atoms with Crippen LogP contribution in [0.2, 0.25) is 0 Å². The molecule has 2 aromatic heterocycles. The number of rotatable bonds is 5. The van der Waals surface area contributed by atoms with Gasteiger partial charge in [-0.1, -0.05) is 5.10 Å². The number of hydrogen-bond acceptors (Lipinski definition) is 5. The number of aryl methyl sites for hydroxylation is 2. The van der Waals surface area contributed by atoms with Crippen LogP contribution in [0.4, 0.5) is 6.01 Å². The third-order valence-corrected chi connectivity index (χ3v) is 3.26. The van der Waals surface area contributed by atoms with Gasteiger partial charge in [-0.25, -0.2) is 0 Å². The molecule has 0 saturated carbocycles. The van der Waals surface area contributed by atoms with E-state index in [9.17, 15) is 0 Å². The third kappa shape index (κ3) is 2.32. The van der Waals surface area contributed by atoms with Crippen molar-refractivity contribution in [1.29, 1.82) is 0 Å². The zero-order chi connectivity index (χ0) is 13.9. The van der Waals surface area contributed by atoms with Gasteiger partial charge < -0.3 is 19.5 Å². The van der Waals surface area contributed by atoms with Crippen LogP contribution in [0.25, 0.3) is 10.9 Å². The molecular formula is C14H16N4O2. The lowest BCUT2D eigenvalue weighted by atomic mass is 10.1. The van der Waals surface area contributed by atoms with Crippen LogP contribution in [0.5, 0.6) is 5.75 Å². The summed E-state index contributed by atoms with van der Waals surface area (Å²) in [4.78, 5) is 3.26. The number of anilines is 1. The van der Waals surface area contributed by atoms with Crippen LogP contribution >= 0.6 is 0 Å². The topological polar surface area (TPSA) is 76.0 Å². The largest absolute Gasteiger partial charge is 0.497 e. The second-order valence-corrected chi connectivity index (χ2v) is 4.48. The molecule has 2 heterocycles. The maximum atomic E-state index is 5.42. The van der Waals surface area contributed by atoms with Gasteiger partial charge in [-0.05, 0) is 30.2 Å². The molecule has 0 amide bonds. The average Bonchev–Trinajstić information content (AvgIpc) is 3.11. The summed E-state index contributed by atoms with van der Waals surface area (Å²) in [5.41, 5.74) is 2.31. The standard InChI is InChI=1S/C14H16N4O2/c1-15-14-18-17-13(20-14)6-3-9-8-16-12-5-4-10(19-2)7-11(9)12/h4-5,7-8,16H,3,6H2,1-2H3,(H,15,18). The van der Waals surface area contributed by atoms with Gasteiger partial charge in [-0.2, -0.15) is 0 Å². The van der Waals surface area contributed by atoms with Crippen molar-refractivity contribution < 1.29 is 9.15 Å². The minimum atomic E-state index is 0.445. The number of fused-ring (bicyclic) bond motifs is 1. The monoisotopic (exact) mass is 272 g/mol. The van der Waals surface area contributed by atoms with E-state index >= 15 is 0 Å². The Balaban J connectivity index is 1.79. The highest BCUT2D eigenvalue weighted by molar-refractivity contribution is 5.84. The van der Waals surface area contributed by atoms with E-state index in [1.165, 1.54) is 5.56 Å². The van der Waals surface area contributed by atoms with E-state index in [1.54, 1.807) is 14.2 Å². The highest BCUT2D eigenvalue weighted by Gasteiger charge is 2.08. The molecule has 0 aliphatic carbocycles. The minimum absolute atomic E-state index is 0.445. The first kappa shape index (κ1) is 12.5. The number of hydrogen-bond donors (Lipinski definition) is 2. The smallest absolute Gasteiger partial charge is 0.315 e. The molecule has 0 bridgehead atoms. The molecule has 1 aromatic carbocycles. The van der Waals surface area contributed by atoms with Crippen molar-refractivity contribution in [2.24, 2.45) is 0 Å². The maximum Gasteiger partial charge on any atom is 0.315 e. The number of aromatic nitrogens is 3. The summed E-state index contributed by atoms with van der Waals surface area (Å²) in [5.74, 6) is 1.49. The predicted octanol–water partition coefficient (Wildman–Crippen LogP) is 2.39. The molecule has 0 aliphatic rings. The number of ether oxygens (including phenoxy) is 1. The van der Waals surface area contributed by atoms with E-state index in [1.807, 2.05) is 24.4 Å². The van der Waals surface area contributed by atoms with Gasteiger partial charge in [0.2, 0.25) is 5.89 Å². The maximum absolute atomic E-state index is 5.42. The highest BCUT2D eigenvalue weighted by Crippen LogP contribution is 2.24. The zero-order valence-corrected chi connectivity index (χ0v) is 11.4. The van der Waals surface area contributed by atoms with Crippen molar-refractivity contribution in [3.8, 4) is 5.75 Å². The Bertz CT molecular complexity index is 717. The second kappa shape index (κ2) is 5.24. The van der Waals surface area contributed by atoms with Crippen LogP contribution in [0.1, 0.15) is 11.5 Å². The van der Waals surface area contributed by atoms with Crippen molar-refractivity contribution in [2.45, 2.75) is 12.8 Å². The number of benzene rings is 1. The van der Waals surface area contributed by atoms with Crippen LogP contribution < -0.4 is 10.1 Å². The fraction of sp³-hybridized carbons (Fsp3) is 0.286. The molecule has 0 saturated heterocycles. The lowest BCUT2D eigenvalue weighted by molar-refractivity contribution is 0.415. The normalized spacial score (nSPS) is 10.9. The molecule has 0 aliphatic heterocycles. The summed E-state index contributed by atoms with van der Waals surface area (Å²) in [7, 11) is 3.43. The molecule has 0 spiro atoms. The Morgan fingerprint density at radius 2 is 2.20 bits per heavy atom. The lowest BCUT2D eigenvalue weighted by Gasteiger charge is -2.01. The van der Waals surface area contributed by atoms with Gasteiger partial charge in [0.15, 0.2) is 0 Å². The Hall–Kier alpha value is -2.50. The zero-order valence-electron chi connectivity index (χ0n) is 11.4. The summed E-state index contributed by atoms with van der Waals surface area (Å²) in [6.45, 7) is 0. The second-order valence-electron chi connectivity index (χ2n) is 4.48. The van der Waals surface area contributed by atoms with E-state index in [4.69, 9.17) is 9.15 Å². The SMILES string of the molecule is CNc1nnc(CCc2c[nH]c3ccc(OC)cc23)o1. The summed E-state index contributed by atoms with van der Waals surface area (Å²) >= 11 is 0. The third-order valence-electron chi connectivity index (χ3n) is 3.26. The van der Waals surface area contributed by atoms with Crippen molar-refractivity contribution in [3.05, 3.63) is 35.9 Å². The van der Waals surface area contributed by atoms with Crippen LogP contribution in [-0.2, 0) is 12.8 Å². The van der Waals surface area contributed by atoms with Crippen LogP contribution in [0, 0.1) is 0 Å². The molecule has 2 N–H and O–H groups in total. The van der Waals surface area contributed by atoms with Crippen molar-refractivity contribution >= 4 is 16.9 Å². The Kier molecular flexibility index (Phi) is 3.28. The van der Waals surface area contributed by atoms with E-state index < -0.39 is 0 Å². The van der Waals surface area contributed by atoms with Gasteiger partial charge in [-0.3, -0.25) is 0 Å². The first-order valence-electron chi connectivity index (χ1n) is 6.44. The Morgan fingerprint density at radius 1 is 1.30 bits per heavy atom. The first-order valence-corrected chi connectivity index (χ1v) is 6.44. The van der Waals surface area contributed by atoms with Gasteiger partial charge in [0, 0.05) is 30.6 Å². The Labute approximate surface area is 116 Å². The predicted molar refractivity (Wildman–Crippen MR) is 76.1 cm³/mol. The van der Waals surface area contributed by atoms with Gasteiger partial charge in [-0.15, -0.1) is 5.10 Å². The van der Waals surface area contributed by atoms with Gasteiger partial charge in [0.25, 0.3) is 0 Å². The number of nitrogens with one attached hydrogen (secondary N) is 2. The average molecular weight is 272 g/mol.